The van der Waals surface area contributed by atoms with Crippen molar-refractivity contribution in [3.63, 3.8) is 0 Å². The number of ether oxygens (including phenoxy) is 1. The predicted octanol–water partition coefficient (Wildman–Crippen LogP) is 4.59. The number of allylic oxidation sites excluding steroid dienone is 3. The maximum Gasteiger partial charge on any atom is 0.146 e. The summed E-state index contributed by atoms with van der Waals surface area (Å²) < 4.78 is 5.53. The molecule has 3 nitrogen and oxygen atoms in total. The number of hydrogen-bond donors (Lipinski definition) is 0. The molecule has 0 N–H and O–H groups in total. The molecule has 1 aliphatic carbocycles. The molecular weight excluding hydrogens is 260 g/mol. The van der Waals surface area contributed by atoms with Gasteiger partial charge in [-0.05, 0) is 43.8 Å². The zero-order chi connectivity index (χ0) is 16.0. The van der Waals surface area contributed by atoms with E-state index in [-0.39, 0.29) is 5.54 Å². The van der Waals surface area contributed by atoms with Gasteiger partial charge < -0.3 is 4.74 Å². The molecule has 0 aromatic carbocycles. The minimum absolute atomic E-state index is 0.0336. The normalized spacial score (nSPS) is 29.6. The van der Waals surface area contributed by atoms with Crippen LogP contribution in [-0.2, 0) is 4.74 Å². The SMILES string of the molecule is CC.CCC1CC(C)(CC)N=C2C(OC)=CC(=NC)C=C21. The average molecular weight is 290 g/mol. The maximum atomic E-state index is 5.53. The minimum Gasteiger partial charge on any atom is -0.494 e. The van der Waals surface area contributed by atoms with Crippen LogP contribution in [0.5, 0.6) is 0 Å². The van der Waals surface area contributed by atoms with Crippen LogP contribution in [0.4, 0.5) is 0 Å². The monoisotopic (exact) mass is 290 g/mol. The first-order valence-electron chi connectivity index (χ1n) is 8.11. The molecule has 0 bridgehead atoms. The molecule has 2 atom stereocenters. The first-order chi connectivity index (χ1) is 10.1. The van der Waals surface area contributed by atoms with Crippen LogP contribution in [0.25, 0.3) is 0 Å². The molecule has 0 saturated heterocycles. The molecule has 3 heteroatoms. The quantitative estimate of drug-likeness (QED) is 0.700. The van der Waals surface area contributed by atoms with E-state index in [2.05, 4.69) is 31.8 Å². The number of aliphatic imine (C=N–C) groups is 2. The lowest BCUT2D eigenvalue weighted by Gasteiger charge is -2.38. The Bertz CT molecular complexity index is 485. The molecule has 1 aliphatic heterocycles. The maximum absolute atomic E-state index is 5.53. The van der Waals surface area contributed by atoms with Crippen LogP contribution in [0.15, 0.2) is 33.5 Å². The molecule has 118 valence electrons. The molecule has 0 fully saturated rings. The van der Waals surface area contributed by atoms with E-state index in [1.165, 1.54) is 5.57 Å². The first kappa shape index (κ1) is 17.7. The highest BCUT2D eigenvalue weighted by Crippen LogP contribution is 2.39. The molecule has 0 saturated carbocycles. The highest BCUT2D eigenvalue weighted by molar-refractivity contribution is 6.23. The van der Waals surface area contributed by atoms with E-state index in [0.717, 1.165) is 36.4 Å². The van der Waals surface area contributed by atoms with Gasteiger partial charge in [0.15, 0.2) is 0 Å². The second-order valence-corrected chi connectivity index (χ2v) is 5.58. The van der Waals surface area contributed by atoms with Gasteiger partial charge in [0.05, 0.1) is 18.4 Å². The lowest BCUT2D eigenvalue weighted by atomic mass is 9.75. The zero-order valence-electron chi connectivity index (χ0n) is 14.7. The average Bonchev–Trinajstić information content (AvgIpc) is 2.55. The van der Waals surface area contributed by atoms with Crippen LogP contribution in [0, 0.1) is 5.92 Å². The molecule has 0 aromatic rings. The molecule has 2 unspecified atom stereocenters. The Morgan fingerprint density at radius 3 is 2.48 bits per heavy atom. The summed E-state index contributed by atoms with van der Waals surface area (Å²) in [5.41, 5.74) is 3.35. The van der Waals surface area contributed by atoms with E-state index in [4.69, 9.17) is 9.73 Å². The standard InChI is InChI=1S/C16H24N2O.C2H6/c1-6-11-10-16(3,7-2)18-15-13(11)8-12(17-4)9-14(15)19-5;1-2/h8-9,11H,6-7,10H2,1-5H3;1-2H3. The third-order valence-electron chi connectivity index (χ3n) is 4.33. The van der Waals surface area contributed by atoms with Gasteiger partial charge in [0.1, 0.15) is 11.5 Å². The van der Waals surface area contributed by atoms with E-state index < -0.39 is 0 Å². The van der Waals surface area contributed by atoms with Crippen LogP contribution in [-0.4, -0.2) is 31.1 Å². The first-order valence-corrected chi connectivity index (χ1v) is 8.11. The Morgan fingerprint density at radius 2 is 2.00 bits per heavy atom. The summed E-state index contributed by atoms with van der Waals surface area (Å²) in [7, 11) is 3.53. The van der Waals surface area contributed by atoms with Crippen molar-refractivity contribution < 1.29 is 4.74 Å². The Balaban J connectivity index is 0.00000106. The lowest BCUT2D eigenvalue weighted by molar-refractivity contribution is 0.302. The second-order valence-electron chi connectivity index (χ2n) is 5.58. The van der Waals surface area contributed by atoms with Crippen molar-refractivity contribution >= 4 is 11.4 Å². The number of hydrogen-bond acceptors (Lipinski definition) is 3. The number of rotatable bonds is 3. The van der Waals surface area contributed by atoms with Gasteiger partial charge in [-0.2, -0.15) is 0 Å². The van der Waals surface area contributed by atoms with Gasteiger partial charge in [-0.15, -0.1) is 0 Å². The van der Waals surface area contributed by atoms with Gasteiger partial charge >= 0.3 is 0 Å². The molecule has 2 aliphatic rings. The summed E-state index contributed by atoms with van der Waals surface area (Å²) in [4.78, 5) is 9.26. The third kappa shape index (κ3) is 3.63. The molecular formula is C18H30N2O. The van der Waals surface area contributed by atoms with Crippen LogP contribution in [0.2, 0.25) is 0 Å². The fourth-order valence-corrected chi connectivity index (χ4v) is 2.87. The summed E-state index contributed by atoms with van der Waals surface area (Å²) in [6.45, 7) is 10.7. The predicted molar refractivity (Wildman–Crippen MR) is 92.4 cm³/mol. The fourth-order valence-electron chi connectivity index (χ4n) is 2.87. The van der Waals surface area contributed by atoms with Crippen LogP contribution >= 0.6 is 0 Å². The molecule has 1 heterocycles. The van der Waals surface area contributed by atoms with Gasteiger partial charge in [0.25, 0.3) is 0 Å². The number of fused-ring (bicyclic) bond motifs is 1. The van der Waals surface area contributed by atoms with Crippen molar-refractivity contribution in [2.45, 2.75) is 59.4 Å². The van der Waals surface area contributed by atoms with E-state index in [1.54, 1.807) is 7.11 Å². The summed E-state index contributed by atoms with van der Waals surface area (Å²) >= 11 is 0. The lowest BCUT2D eigenvalue weighted by Crippen LogP contribution is -2.36. The highest BCUT2D eigenvalue weighted by Gasteiger charge is 2.37. The van der Waals surface area contributed by atoms with Crippen LogP contribution in [0.1, 0.15) is 53.9 Å². The summed E-state index contributed by atoms with van der Waals surface area (Å²) in [5.74, 6) is 1.41. The van der Waals surface area contributed by atoms with E-state index >= 15 is 0 Å². The Labute approximate surface area is 129 Å². The van der Waals surface area contributed by atoms with Crippen molar-refractivity contribution in [2.75, 3.05) is 14.2 Å². The minimum atomic E-state index is 0.0336. The van der Waals surface area contributed by atoms with Crippen molar-refractivity contribution in [1.29, 1.82) is 0 Å². The molecule has 2 rings (SSSR count). The Hall–Kier alpha value is -1.38. The van der Waals surface area contributed by atoms with Gasteiger partial charge in [0, 0.05) is 13.1 Å². The fraction of sp³-hybridized carbons (Fsp3) is 0.667. The summed E-state index contributed by atoms with van der Waals surface area (Å²) in [6.07, 6.45) is 7.46. The van der Waals surface area contributed by atoms with E-state index in [9.17, 15) is 0 Å². The van der Waals surface area contributed by atoms with Crippen LogP contribution in [0.3, 0.4) is 0 Å². The highest BCUT2D eigenvalue weighted by atomic mass is 16.5. The zero-order valence-corrected chi connectivity index (χ0v) is 14.7. The van der Waals surface area contributed by atoms with Gasteiger partial charge in [-0.1, -0.05) is 27.7 Å². The Kier molecular flexibility index (Phi) is 6.38. The van der Waals surface area contributed by atoms with E-state index in [1.807, 2.05) is 27.0 Å². The van der Waals surface area contributed by atoms with Crippen molar-refractivity contribution in [3.05, 3.63) is 23.5 Å². The molecule has 21 heavy (non-hydrogen) atoms. The second kappa shape index (κ2) is 7.58. The molecule has 0 spiro atoms. The largest absolute Gasteiger partial charge is 0.494 e. The smallest absolute Gasteiger partial charge is 0.146 e. The van der Waals surface area contributed by atoms with Crippen molar-refractivity contribution in [1.82, 2.24) is 0 Å². The summed E-state index contributed by atoms with van der Waals surface area (Å²) in [6, 6.07) is 0. The topological polar surface area (TPSA) is 34.0 Å². The third-order valence-corrected chi connectivity index (χ3v) is 4.33. The van der Waals surface area contributed by atoms with Crippen molar-refractivity contribution in [3.8, 4) is 0 Å². The van der Waals surface area contributed by atoms with Gasteiger partial charge in [0.2, 0.25) is 0 Å². The Morgan fingerprint density at radius 1 is 1.33 bits per heavy atom. The van der Waals surface area contributed by atoms with Gasteiger partial charge in [-0.3, -0.25) is 9.98 Å². The van der Waals surface area contributed by atoms with Gasteiger partial charge in [-0.25, -0.2) is 0 Å². The molecule has 0 amide bonds. The molecule has 0 radical (unpaired) electrons. The molecule has 0 aromatic heterocycles. The summed E-state index contributed by atoms with van der Waals surface area (Å²) in [5, 5.41) is 0. The van der Waals surface area contributed by atoms with Crippen LogP contribution < -0.4 is 0 Å². The van der Waals surface area contributed by atoms with E-state index in [0.29, 0.717) is 5.92 Å². The number of nitrogens with zero attached hydrogens (tertiary/aromatic N) is 2. The van der Waals surface area contributed by atoms with Crippen molar-refractivity contribution in [2.24, 2.45) is 15.9 Å². The number of methoxy groups -OCH3 is 1.